The number of benzene rings is 1. The molecule has 6 nitrogen and oxygen atoms in total. The largest absolute Gasteiger partial charge is 0.355 e. The highest BCUT2D eigenvalue weighted by Crippen LogP contribution is 2.18. The Bertz CT molecular complexity index is 744. The molecular weight excluding hydrogens is 316 g/mol. The quantitative estimate of drug-likeness (QED) is 0.571. The second-order valence-electron chi connectivity index (χ2n) is 6.10. The van der Waals surface area contributed by atoms with Crippen LogP contribution in [0.1, 0.15) is 34.2 Å². The monoisotopic (exact) mass is 340 g/mol. The van der Waals surface area contributed by atoms with Crippen molar-refractivity contribution in [3.63, 3.8) is 0 Å². The van der Waals surface area contributed by atoms with Gasteiger partial charge in [-0.05, 0) is 58.3 Å². The maximum absolute atomic E-state index is 12.2. The maximum atomic E-state index is 12.2. The molecule has 132 valence electrons. The molecule has 1 aromatic carbocycles. The van der Waals surface area contributed by atoms with Gasteiger partial charge in [-0.2, -0.15) is 0 Å². The van der Waals surface area contributed by atoms with Crippen LogP contribution in [0.3, 0.4) is 0 Å². The summed E-state index contributed by atoms with van der Waals surface area (Å²) in [7, 11) is 4.00. The lowest BCUT2D eigenvalue weighted by Crippen LogP contribution is -2.27. The van der Waals surface area contributed by atoms with E-state index in [0.717, 1.165) is 24.3 Å². The lowest BCUT2D eigenvalue weighted by Gasteiger charge is -2.11. The molecule has 0 atom stereocenters. The molecule has 2 rings (SSSR count). The zero-order chi connectivity index (χ0) is 18.2. The first-order valence-electron chi connectivity index (χ1n) is 8.22. The Morgan fingerprint density at radius 2 is 1.88 bits per heavy atom. The lowest BCUT2D eigenvalue weighted by atomic mass is 10.1. The molecule has 0 aliphatic carbocycles. The van der Waals surface area contributed by atoms with Gasteiger partial charge in [0.1, 0.15) is 5.69 Å². The number of nitrogens with zero attached hydrogens (tertiary/aromatic N) is 2. The van der Waals surface area contributed by atoms with Gasteiger partial charge in [-0.1, -0.05) is 12.1 Å². The van der Waals surface area contributed by atoms with Crippen LogP contribution in [0.15, 0.2) is 42.6 Å². The maximum Gasteiger partial charge on any atom is 0.269 e. The minimum Gasteiger partial charge on any atom is -0.355 e. The summed E-state index contributed by atoms with van der Waals surface area (Å²) in [4.78, 5) is 29.8. The Hall–Kier alpha value is -2.73. The fourth-order valence-corrected chi connectivity index (χ4v) is 2.30. The Morgan fingerprint density at radius 1 is 1.12 bits per heavy atom. The van der Waals surface area contributed by atoms with Gasteiger partial charge in [-0.3, -0.25) is 14.6 Å². The molecule has 0 aliphatic heterocycles. The van der Waals surface area contributed by atoms with Crippen molar-refractivity contribution in [3.8, 4) is 0 Å². The van der Waals surface area contributed by atoms with E-state index < -0.39 is 0 Å². The number of Topliss-reactive ketones (excluding diaryl/α,β-unsaturated/α-hetero) is 1. The number of ketones is 1. The average molecular weight is 340 g/mol. The zero-order valence-electron chi connectivity index (χ0n) is 14.9. The molecule has 0 fully saturated rings. The van der Waals surface area contributed by atoms with Crippen molar-refractivity contribution < 1.29 is 9.59 Å². The van der Waals surface area contributed by atoms with Crippen LogP contribution in [-0.2, 0) is 0 Å². The third-order valence-electron chi connectivity index (χ3n) is 3.62. The van der Waals surface area contributed by atoms with Crippen LogP contribution < -0.4 is 10.6 Å². The number of amides is 1. The van der Waals surface area contributed by atoms with Crippen LogP contribution in [0.5, 0.6) is 0 Å². The standard InChI is InChI=1S/C19H24N4O2/c1-14(24)15-6-4-7-16(12-15)22-17-8-10-20-18(13-17)19(25)21-9-5-11-23(2)3/h4,6-8,10,12-13H,5,9,11H2,1-3H3,(H,20,22)(H,21,25). The van der Waals surface area contributed by atoms with Gasteiger partial charge < -0.3 is 15.5 Å². The molecule has 0 radical (unpaired) electrons. The van der Waals surface area contributed by atoms with E-state index in [4.69, 9.17) is 0 Å². The second kappa shape index (κ2) is 8.94. The number of anilines is 2. The van der Waals surface area contributed by atoms with E-state index in [1.165, 1.54) is 6.92 Å². The number of carbonyl (C=O) groups excluding carboxylic acids is 2. The average Bonchev–Trinajstić information content (AvgIpc) is 2.59. The summed E-state index contributed by atoms with van der Waals surface area (Å²) in [6.45, 7) is 3.06. The second-order valence-corrected chi connectivity index (χ2v) is 6.10. The summed E-state index contributed by atoms with van der Waals surface area (Å²) in [5, 5.41) is 6.07. The molecule has 0 spiro atoms. The summed E-state index contributed by atoms with van der Waals surface area (Å²) in [5.41, 5.74) is 2.53. The number of carbonyl (C=O) groups is 2. The molecule has 0 unspecified atom stereocenters. The van der Waals surface area contributed by atoms with Crippen molar-refractivity contribution in [1.29, 1.82) is 0 Å². The zero-order valence-corrected chi connectivity index (χ0v) is 14.9. The lowest BCUT2D eigenvalue weighted by molar-refractivity contribution is 0.0946. The number of rotatable bonds is 8. The molecule has 0 saturated carbocycles. The summed E-state index contributed by atoms with van der Waals surface area (Å²) in [5.74, 6) is -0.184. The number of hydrogen-bond donors (Lipinski definition) is 2. The molecular formula is C19H24N4O2. The van der Waals surface area contributed by atoms with Gasteiger partial charge in [0.2, 0.25) is 0 Å². The summed E-state index contributed by atoms with van der Waals surface area (Å²) < 4.78 is 0. The predicted molar refractivity (Wildman–Crippen MR) is 99.5 cm³/mol. The van der Waals surface area contributed by atoms with E-state index in [-0.39, 0.29) is 11.7 Å². The molecule has 1 heterocycles. The van der Waals surface area contributed by atoms with Crippen LogP contribution >= 0.6 is 0 Å². The van der Waals surface area contributed by atoms with E-state index in [9.17, 15) is 9.59 Å². The first-order chi connectivity index (χ1) is 12.0. The molecule has 1 aromatic heterocycles. The summed E-state index contributed by atoms with van der Waals surface area (Å²) in [6, 6.07) is 10.7. The molecule has 6 heteroatoms. The van der Waals surface area contributed by atoms with Gasteiger partial charge in [0.15, 0.2) is 5.78 Å². The van der Waals surface area contributed by atoms with Crippen LogP contribution in [0, 0.1) is 0 Å². The van der Waals surface area contributed by atoms with Gasteiger partial charge in [0.05, 0.1) is 0 Å². The molecule has 2 aromatic rings. The highest BCUT2D eigenvalue weighted by atomic mass is 16.1. The van der Waals surface area contributed by atoms with E-state index in [2.05, 4.69) is 20.5 Å². The fraction of sp³-hybridized carbons (Fsp3) is 0.316. The third kappa shape index (κ3) is 6.00. The number of hydrogen-bond acceptors (Lipinski definition) is 5. The fourth-order valence-electron chi connectivity index (χ4n) is 2.30. The van der Waals surface area contributed by atoms with Gasteiger partial charge in [0, 0.05) is 29.7 Å². The minimum atomic E-state index is -0.195. The minimum absolute atomic E-state index is 0.0103. The van der Waals surface area contributed by atoms with Crippen molar-refractivity contribution in [1.82, 2.24) is 15.2 Å². The highest BCUT2D eigenvalue weighted by molar-refractivity contribution is 5.95. The first-order valence-corrected chi connectivity index (χ1v) is 8.22. The molecule has 2 N–H and O–H groups in total. The van der Waals surface area contributed by atoms with Gasteiger partial charge >= 0.3 is 0 Å². The number of nitrogens with one attached hydrogen (secondary N) is 2. The van der Waals surface area contributed by atoms with Gasteiger partial charge in [-0.25, -0.2) is 0 Å². The van der Waals surface area contributed by atoms with Crippen molar-refractivity contribution in [2.24, 2.45) is 0 Å². The van der Waals surface area contributed by atoms with E-state index in [1.807, 2.05) is 26.2 Å². The molecule has 1 amide bonds. The van der Waals surface area contributed by atoms with Crippen molar-refractivity contribution in [2.75, 3.05) is 32.5 Å². The van der Waals surface area contributed by atoms with Crippen molar-refractivity contribution >= 4 is 23.1 Å². The van der Waals surface area contributed by atoms with E-state index in [0.29, 0.717) is 17.8 Å². The predicted octanol–water partition coefficient (Wildman–Crippen LogP) is 2.71. The van der Waals surface area contributed by atoms with Gasteiger partial charge in [-0.15, -0.1) is 0 Å². The first kappa shape index (κ1) is 18.6. The number of aromatic nitrogens is 1. The normalized spacial score (nSPS) is 10.6. The highest BCUT2D eigenvalue weighted by Gasteiger charge is 2.08. The molecule has 0 saturated heterocycles. The Kier molecular flexibility index (Phi) is 6.65. The Morgan fingerprint density at radius 3 is 2.60 bits per heavy atom. The smallest absolute Gasteiger partial charge is 0.269 e. The summed E-state index contributed by atoms with van der Waals surface area (Å²) in [6.07, 6.45) is 2.47. The van der Waals surface area contributed by atoms with E-state index >= 15 is 0 Å². The van der Waals surface area contributed by atoms with Crippen LogP contribution in [-0.4, -0.2) is 48.8 Å². The molecule has 0 bridgehead atoms. The van der Waals surface area contributed by atoms with Crippen molar-refractivity contribution in [2.45, 2.75) is 13.3 Å². The molecule has 25 heavy (non-hydrogen) atoms. The van der Waals surface area contributed by atoms with Gasteiger partial charge in [0.25, 0.3) is 5.91 Å². The van der Waals surface area contributed by atoms with Crippen LogP contribution in [0.25, 0.3) is 0 Å². The van der Waals surface area contributed by atoms with Crippen LogP contribution in [0.4, 0.5) is 11.4 Å². The Balaban J connectivity index is 2.00. The SMILES string of the molecule is CC(=O)c1cccc(Nc2ccnc(C(=O)NCCCN(C)C)c2)c1. The Labute approximate surface area is 148 Å². The topological polar surface area (TPSA) is 74.3 Å². The molecule has 0 aliphatic rings. The van der Waals surface area contributed by atoms with Crippen LogP contribution in [0.2, 0.25) is 0 Å². The summed E-state index contributed by atoms with van der Waals surface area (Å²) >= 11 is 0. The van der Waals surface area contributed by atoms with E-state index in [1.54, 1.807) is 30.5 Å². The number of pyridine rings is 1. The van der Waals surface area contributed by atoms with Crippen molar-refractivity contribution in [3.05, 3.63) is 53.9 Å². The third-order valence-corrected chi connectivity index (χ3v) is 3.62.